The summed E-state index contributed by atoms with van der Waals surface area (Å²) in [5.74, 6) is 0.373. The van der Waals surface area contributed by atoms with E-state index in [1.807, 2.05) is 0 Å². The summed E-state index contributed by atoms with van der Waals surface area (Å²) in [4.78, 5) is 0. The first-order valence-corrected chi connectivity index (χ1v) is 6.62. The zero-order chi connectivity index (χ0) is 12.5. The minimum absolute atomic E-state index is 0.222. The standard InChI is InChI=1S/C17H18O/c1-3-18-12(2)17-15-10-6-4-8-13(15)14-9-5-7-11-16(14)17/h4-12,17H,3H2,1-2H3. The molecule has 0 heterocycles. The average molecular weight is 238 g/mol. The van der Waals surface area contributed by atoms with Crippen LogP contribution in [-0.2, 0) is 4.74 Å². The minimum atomic E-state index is 0.222. The molecule has 1 atom stereocenters. The van der Waals surface area contributed by atoms with Crippen molar-refractivity contribution in [1.29, 1.82) is 0 Å². The molecule has 0 radical (unpaired) electrons. The highest BCUT2D eigenvalue weighted by molar-refractivity contribution is 5.78. The average Bonchev–Trinajstić information content (AvgIpc) is 2.73. The van der Waals surface area contributed by atoms with Gasteiger partial charge in [-0.3, -0.25) is 0 Å². The van der Waals surface area contributed by atoms with Crippen LogP contribution in [0.25, 0.3) is 11.1 Å². The molecule has 0 fully saturated rings. The van der Waals surface area contributed by atoms with E-state index in [-0.39, 0.29) is 6.10 Å². The first-order valence-electron chi connectivity index (χ1n) is 6.62. The molecule has 2 aromatic carbocycles. The van der Waals surface area contributed by atoms with Gasteiger partial charge in [-0.05, 0) is 36.1 Å². The molecule has 0 spiro atoms. The monoisotopic (exact) mass is 238 g/mol. The van der Waals surface area contributed by atoms with E-state index in [1.165, 1.54) is 22.3 Å². The van der Waals surface area contributed by atoms with Crippen LogP contribution in [0.4, 0.5) is 0 Å². The first-order chi connectivity index (χ1) is 8.83. The lowest BCUT2D eigenvalue weighted by Crippen LogP contribution is -2.18. The fourth-order valence-electron chi connectivity index (χ4n) is 3.06. The quantitative estimate of drug-likeness (QED) is 0.777. The predicted molar refractivity (Wildman–Crippen MR) is 74.8 cm³/mol. The molecule has 0 saturated heterocycles. The summed E-state index contributed by atoms with van der Waals surface area (Å²) in [6.07, 6.45) is 0.222. The molecule has 0 aromatic heterocycles. The van der Waals surface area contributed by atoms with Gasteiger partial charge in [0.05, 0.1) is 6.10 Å². The van der Waals surface area contributed by atoms with Crippen LogP contribution < -0.4 is 0 Å². The fraction of sp³-hybridized carbons (Fsp3) is 0.294. The summed E-state index contributed by atoms with van der Waals surface area (Å²) >= 11 is 0. The molecule has 1 aliphatic rings. The van der Waals surface area contributed by atoms with Gasteiger partial charge < -0.3 is 4.74 Å². The zero-order valence-corrected chi connectivity index (χ0v) is 10.9. The van der Waals surface area contributed by atoms with E-state index in [2.05, 4.69) is 62.4 Å². The second-order valence-corrected chi connectivity index (χ2v) is 4.81. The Bertz CT molecular complexity index is 514. The van der Waals surface area contributed by atoms with E-state index in [1.54, 1.807) is 0 Å². The molecule has 0 bridgehead atoms. The molecule has 0 saturated carbocycles. The van der Waals surface area contributed by atoms with Gasteiger partial charge in [0.1, 0.15) is 0 Å². The lowest BCUT2D eigenvalue weighted by Gasteiger charge is -2.21. The third-order valence-corrected chi connectivity index (χ3v) is 3.78. The summed E-state index contributed by atoms with van der Waals surface area (Å²) in [6.45, 7) is 5.00. The van der Waals surface area contributed by atoms with Crippen molar-refractivity contribution < 1.29 is 4.74 Å². The van der Waals surface area contributed by atoms with Crippen LogP contribution in [0.5, 0.6) is 0 Å². The number of hydrogen-bond acceptors (Lipinski definition) is 1. The number of ether oxygens (including phenoxy) is 1. The van der Waals surface area contributed by atoms with E-state index < -0.39 is 0 Å². The van der Waals surface area contributed by atoms with E-state index in [4.69, 9.17) is 4.74 Å². The van der Waals surface area contributed by atoms with Gasteiger partial charge >= 0.3 is 0 Å². The van der Waals surface area contributed by atoms with Crippen LogP contribution in [0.15, 0.2) is 48.5 Å². The Balaban J connectivity index is 2.14. The lowest BCUT2D eigenvalue weighted by molar-refractivity contribution is 0.0658. The van der Waals surface area contributed by atoms with Gasteiger partial charge in [-0.2, -0.15) is 0 Å². The van der Waals surface area contributed by atoms with E-state index in [0.717, 1.165) is 6.61 Å². The number of fused-ring (bicyclic) bond motifs is 3. The van der Waals surface area contributed by atoms with Gasteiger partial charge in [0.15, 0.2) is 0 Å². The molecular weight excluding hydrogens is 220 g/mol. The van der Waals surface area contributed by atoms with E-state index in [9.17, 15) is 0 Å². The predicted octanol–water partition coefficient (Wildman–Crippen LogP) is 4.22. The normalized spacial score (nSPS) is 15.2. The topological polar surface area (TPSA) is 9.23 Å². The molecule has 1 unspecified atom stereocenters. The maximum absolute atomic E-state index is 5.84. The Morgan fingerprint density at radius 3 is 1.94 bits per heavy atom. The molecular formula is C17H18O. The Kier molecular flexibility index (Phi) is 2.92. The molecule has 1 heteroatoms. The van der Waals surface area contributed by atoms with Crippen molar-refractivity contribution in [3.05, 3.63) is 59.7 Å². The number of rotatable bonds is 3. The molecule has 0 N–H and O–H groups in total. The van der Waals surface area contributed by atoms with Gasteiger partial charge in [-0.1, -0.05) is 48.5 Å². The Labute approximate surface area is 108 Å². The summed E-state index contributed by atoms with van der Waals surface area (Å²) in [5.41, 5.74) is 5.54. The van der Waals surface area contributed by atoms with Gasteiger partial charge in [-0.25, -0.2) is 0 Å². The molecule has 92 valence electrons. The van der Waals surface area contributed by atoms with Crippen molar-refractivity contribution in [2.45, 2.75) is 25.9 Å². The summed E-state index contributed by atoms with van der Waals surface area (Å²) in [7, 11) is 0. The third kappa shape index (κ3) is 1.67. The summed E-state index contributed by atoms with van der Waals surface area (Å²) < 4.78 is 5.84. The highest BCUT2D eigenvalue weighted by atomic mass is 16.5. The van der Waals surface area contributed by atoms with Crippen LogP contribution in [0.3, 0.4) is 0 Å². The molecule has 2 aromatic rings. The number of hydrogen-bond donors (Lipinski definition) is 0. The Morgan fingerprint density at radius 2 is 1.44 bits per heavy atom. The van der Waals surface area contributed by atoms with Crippen molar-refractivity contribution in [1.82, 2.24) is 0 Å². The SMILES string of the molecule is CCOC(C)C1c2ccccc2-c2ccccc21. The van der Waals surface area contributed by atoms with Crippen LogP contribution in [0.1, 0.15) is 30.9 Å². The minimum Gasteiger partial charge on any atom is -0.378 e. The van der Waals surface area contributed by atoms with Gasteiger partial charge in [0.25, 0.3) is 0 Å². The largest absolute Gasteiger partial charge is 0.378 e. The fourth-order valence-corrected chi connectivity index (χ4v) is 3.06. The molecule has 0 aliphatic heterocycles. The maximum atomic E-state index is 5.84. The van der Waals surface area contributed by atoms with Crippen molar-refractivity contribution >= 4 is 0 Å². The molecule has 18 heavy (non-hydrogen) atoms. The summed E-state index contributed by atoms with van der Waals surface area (Å²) in [5, 5.41) is 0. The van der Waals surface area contributed by atoms with Crippen LogP contribution in [0.2, 0.25) is 0 Å². The molecule has 3 rings (SSSR count). The van der Waals surface area contributed by atoms with E-state index >= 15 is 0 Å². The Hall–Kier alpha value is -1.60. The van der Waals surface area contributed by atoms with Crippen molar-refractivity contribution in [3.63, 3.8) is 0 Å². The van der Waals surface area contributed by atoms with Crippen molar-refractivity contribution in [2.24, 2.45) is 0 Å². The van der Waals surface area contributed by atoms with Crippen LogP contribution in [-0.4, -0.2) is 12.7 Å². The second kappa shape index (κ2) is 4.58. The first kappa shape index (κ1) is 11.5. The smallest absolute Gasteiger partial charge is 0.0656 e. The summed E-state index contributed by atoms with van der Waals surface area (Å²) in [6, 6.07) is 17.4. The van der Waals surface area contributed by atoms with Crippen LogP contribution in [0, 0.1) is 0 Å². The highest BCUT2D eigenvalue weighted by Crippen LogP contribution is 2.46. The highest BCUT2D eigenvalue weighted by Gasteiger charge is 2.32. The van der Waals surface area contributed by atoms with Gasteiger partial charge in [0.2, 0.25) is 0 Å². The van der Waals surface area contributed by atoms with E-state index in [0.29, 0.717) is 5.92 Å². The van der Waals surface area contributed by atoms with Crippen molar-refractivity contribution in [3.8, 4) is 11.1 Å². The third-order valence-electron chi connectivity index (χ3n) is 3.78. The number of benzene rings is 2. The molecule has 1 aliphatic carbocycles. The van der Waals surface area contributed by atoms with Crippen molar-refractivity contribution in [2.75, 3.05) is 6.61 Å². The molecule has 0 amide bonds. The molecule has 1 nitrogen and oxygen atoms in total. The second-order valence-electron chi connectivity index (χ2n) is 4.81. The Morgan fingerprint density at radius 1 is 0.944 bits per heavy atom. The van der Waals surface area contributed by atoms with Crippen LogP contribution >= 0.6 is 0 Å². The van der Waals surface area contributed by atoms with Gasteiger partial charge in [-0.15, -0.1) is 0 Å². The van der Waals surface area contributed by atoms with Gasteiger partial charge in [0, 0.05) is 12.5 Å². The maximum Gasteiger partial charge on any atom is 0.0656 e. The lowest BCUT2D eigenvalue weighted by atomic mass is 9.92. The zero-order valence-electron chi connectivity index (χ0n) is 10.9.